The predicted octanol–water partition coefficient (Wildman–Crippen LogP) is 4.25. The summed E-state index contributed by atoms with van der Waals surface area (Å²) >= 11 is 0. The van der Waals surface area contributed by atoms with E-state index in [-0.39, 0.29) is 24.2 Å². The molecule has 0 unspecified atom stereocenters. The third-order valence-corrected chi connectivity index (χ3v) is 3.98. The highest BCUT2D eigenvalue weighted by Gasteiger charge is 2.18. The number of anilines is 1. The summed E-state index contributed by atoms with van der Waals surface area (Å²) in [6.07, 6.45) is 3.91. The largest absolute Gasteiger partial charge is 0.495 e. The van der Waals surface area contributed by atoms with Crippen molar-refractivity contribution in [3.05, 3.63) is 84.4 Å². The lowest BCUT2D eigenvalue weighted by molar-refractivity contribution is -0.116. The summed E-state index contributed by atoms with van der Waals surface area (Å²) in [4.78, 5) is 12.6. The summed E-state index contributed by atoms with van der Waals surface area (Å²) in [5.41, 5.74) is 1.35. The number of carbonyl (C=O) groups is 1. The summed E-state index contributed by atoms with van der Waals surface area (Å²) in [6, 6.07) is 17.0. The molecular weight excluding hydrogens is 319 g/mol. The maximum absolute atomic E-state index is 13.6. The number of rotatable bonds is 6. The summed E-state index contributed by atoms with van der Waals surface area (Å²) in [7, 11) is 1.56. The number of nitrogens with zero attached hydrogens (tertiary/aromatic N) is 1. The monoisotopic (exact) mass is 338 g/mol. The summed E-state index contributed by atoms with van der Waals surface area (Å²) in [5, 5.41) is 2.87. The van der Waals surface area contributed by atoms with Gasteiger partial charge in [0.25, 0.3) is 0 Å². The third kappa shape index (κ3) is 4.07. The number of benzene rings is 2. The maximum Gasteiger partial charge on any atom is 0.226 e. The number of aromatic nitrogens is 1. The zero-order valence-corrected chi connectivity index (χ0v) is 13.9. The molecule has 1 N–H and O–H groups in total. The van der Waals surface area contributed by atoms with Crippen molar-refractivity contribution in [2.75, 3.05) is 12.4 Å². The zero-order chi connectivity index (χ0) is 17.6. The minimum atomic E-state index is -0.320. The van der Waals surface area contributed by atoms with Crippen LogP contribution in [0, 0.1) is 5.82 Å². The van der Waals surface area contributed by atoms with Gasteiger partial charge in [0, 0.05) is 12.4 Å². The standard InChI is InChI=1S/C20H19FN2O2/c1-25-19-10-3-2-9-17(19)22-20(24)14-18(23-11-4-5-12-23)15-7-6-8-16(21)13-15/h2-13,18H,14H2,1H3,(H,22,24)/t18-/m0/s1. The molecule has 1 atom stereocenters. The normalized spacial score (nSPS) is 11.8. The Kier molecular flexibility index (Phi) is 5.14. The second kappa shape index (κ2) is 7.66. The Hall–Kier alpha value is -3.08. The Balaban J connectivity index is 1.82. The molecule has 128 valence electrons. The highest BCUT2D eigenvalue weighted by atomic mass is 19.1. The average Bonchev–Trinajstić information content (AvgIpc) is 3.14. The molecule has 3 rings (SSSR count). The van der Waals surface area contributed by atoms with Crippen LogP contribution in [0.3, 0.4) is 0 Å². The highest BCUT2D eigenvalue weighted by molar-refractivity contribution is 5.92. The molecule has 25 heavy (non-hydrogen) atoms. The van der Waals surface area contributed by atoms with Gasteiger partial charge in [-0.3, -0.25) is 4.79 Å². The molecule has 0 radical (unpaired) electrons. The molecular formula is C20H19FN2O2. The lowest BCUT2D eigenvalue weighted by Crippen LogP contribution is -2.20. The SMILES string of the molecule is COc1ccccc1NC(=O)C[C@@H](c1cccc(F)c1)n1cccc1. The van der Waals surface area contributed by atoms with E-state index in [9.17, 15) is 9.18 Å². The van der Waals surface area contributed by atoms with E-state index in [1.54, 1.807) is 25.3 Å². The Morgan fingerprint density at radius 1 is 1.12 bits per heavy atom. The van der Waals surface area contributed by atoms with E-state index >= 15 is 0 Å². The van der Waals surface area contributed by atoms with E-state index in [1.165, 1.54) is 12.1 Å². The molecule has 0 aliphatic heterocycles. The van der Waals surface area contributed by atoms with Gasteiger partial charge >= 0.3 is 0 Å². The van der Waals surface area contributed by atoms with Gasteiger partial charge in [-0.25, -0.2) is 4.39 Å². The van der Waals surface area contributed by atoms with Crippen LogP contribution in [0.4, 0.5) is 10.1 Å². The first-order valence-corrected chi connectivity index (χ1v) is 7.98. The number of amides is 1. The molecule has 0 aliphatic carbocycles. The van der Waals surface area contributed by atoms with Crippen molar-refractivity contribution in [2.45, 2.75) is 12.5 Å². The van der Waals surface area contributed by atoms with E-state index in [0.29, 0.717) is 11.4 Å². The Morgan fingerprint density at radius 3 is 2.60 bits per heavy atom. The van der Waals surface area contributed by atoms with Gasteiger partial charge in [0.2, 0.25) is 5.91 Å². The van der Waals surface area contributed by atoms with Crippen molar-refractivity contribution in [1.29, 1.82) is 0 Å². The number of halogens is 1. The van der Waals surface area contributed by atoms with Crippen molar-refractivity contribution >= 4 is 11.6 Å². The van der Waals surface area contributed by atoms with E-state index in [1.807, 2.05) is 47.3 Å². The molecule has 0 spiro atoms. The molecule has 0 fully saturated rings. The third-order valence-electron chi connectivity index (χ3n) is 3.98. The highest BCUT2D eigenvalue weighted by Crippen LogP contribution is 2.26. The van der Waals surface area contributed by atoms with Crippen molar-refractivity contribution < 1.29 is 13.9 Å². The lowest BCUT2D eigenvalue weighted by Gasteiger charge is -2.20. The second-order valence-electron chi connectivity index (χ2n) is 5.65. The van der Waals surface area contributed by atoms with Crippen LogP contribution in [0.2, 0.25) is 0 Å². The van der Waals surface area contributed by atoms with Gasteiger partial charge in [0.1, 0.15) is 11.6 Å². The number of nitrogens with one attached hydrogen (secondary N) is 1. The van der Waals surface area contributed by atoms with Crippen molar-refractivity contribution in [3.8, 4) is 5.75 Å². The van der Waals surface area contributed by atoms with Crippen LogP contribution in [0.15, 0.2) is 73.1 Å². The van der Waals surface area contributed by atoms with E-state index in [0.717, 1.165) is 5.56 Å². The van der Waals surface area contributed by atoms with Gasteiger partial charge in [-0.1, -0.05) is 24.3 Å². The first-order valence-electron chi connectivity index (χ1n) is 7.98. The fourth-order valence-corrected chi connectivity index (χ4v) is 2.79. The topological polar surface area (TPSA) is 43.3 Å². The maximum atomic E-state index is 13.6. The van der Waals surface area contributed by atoms with E-state index in [4.69, 9.17) is 4.74 Å². The minimum Gasteiger partial charge on any atom is -0.495 e. The van der Waals surface area contributed by atoms with Crippen molar-refractivity contribution in [1.82, 2.24) is 4.57 Å². The first kappa shape index (κ1) is 16.8. The molecule has 1 aromatic heterocycles. The lowest BCUT2D eigenvalue weighted by atomic mass is 10.0. The first-order chi connectivity index (χ1) is 12.2. The Bertz CT molecular complexity index is 846. The fourth-order valence-electron chi connectivity index (χ4n) is 2.79. The number of ether oxygens (including phenoxy) is 1. The molecule has 0 saturated heterocycles. The minimum absolute atomic E-state index is 0.174. The molecule has 5 heteroatoms. The summed E-state index contributed by atoms with van der Waals surface area (Å²) in [5.74, 6) is 0.103. The second-order valence-corrected chi connectivity index (χ2v) is 5.65. The number of hydrogen-bond acceptors (Lipinski definition) is 2. The molecule has 0 bridgehead atoms. The van der Waals surface area contributed by atoms with Crippen molar-refractivity contribution in [3.63, 3.8) is 0 Å². The van der Waals surface area contributed by atoms with Gasteiger partial charge in [-0.15, -0.1) is 0 Å². The summed E-state index contributed by atoms with van der Waals surface area (Å²) in [6.45, 7) is 0. The summed E-state index contributed by atoms with van der Waals surface area (Å²) < 4.78 is 20.8. The average molecular weight is 338 g/mol. The van der Waals surface area contributed by atoms with E-state index < -0.39 is 0 Å². The Labute approximate surface area is 145 Å². The molecule has 0 saturated carbocycles. The van der Waals surface area contributed by atoms with E-state index in [2.05, 4.69) is 5.32 Å². The smallest absolute Gasteiger partial charge is 0.226 e. The number of carbonyl (C=O) groups excluding carboxylic acids is 1. The zero-order valence-electron chi connectivity index (χ0n) is 13.9. The van der Waals surface area contributed by atoms with Crippen LogP contribution in [0.5, 0.6) is 5.75 Å². The van der Waals surface area contributed by atoms with Crippen LogP contribution >= 0.6 is 0 Å². The van der Waals surface area contributed by atoms with Gasteiger partial charge in [0.05, 0.1) is 25.3 Å². The molecule has 1 amide bonds. The van der Waals surface area contributed by atoms with Crippen LogP contribution < -0.4 is 10.1 Å². The van der Waals surface area contributed by atoms with Crippen LogP contribution in [0.1, 0.15) is 18.0 Å². The fraction of sp³-hybridized carbons (Fsp3) is 0.150. The Morgan fingerprint density at radius 2 is 1.88 bits per heavy atom. The number of methoxy groups -OCH3 is 1. The number of para-hydroxylation sites is 2. The van der Waals surface area contributed by atoms with Crippen molar-refractivity contribution in [2.24, 2.45) is 0 Å². The molecule has 2 aromatic carbocycles. The van der Waals surface area contributed by atoms with Gasteiger partial charge in [0.15, 0.2) is 0 Å². The van der Waals surface area contributed by atoms with Gasteiger partial charge < -0.3 is 14.6 Å². The van der Waals surface area contributed by atoms with Crippen LogP contribution in [0.25, 0.3) is 0 Å². The van der Waals surface area contributed by atoms with Gasteiger partial charge in [-0.05, 0) is 42.0 Å². The predicted molar refractivity (Wildman–Crippen MR) is 95.2 cm³/mol. The molecule has 0 aliphatic rings. The van der Waals surface area contributed by atoms with Gasteiger partial charge in [-0.2, -0.15) is 0 Å². The molecule has 4 nitrogen and oxygen atoms in total. The molecule has 3 aromatic rings. The van der Waals surface area contributed by atoms with Crippen LogP contribution in [-0.4, -0.2) is 17.6 Å². The molecule has 1 heterocycles. The van der Waals surface area contributed by atoms with Crippen LogP contribution in [-0.2, 0) is 4.79 Å². The quantitative estimate of drug-likeness (QED) is 0.730. The number of hydrogen-bond donors (Lipinski definition) is 1.